The monoisotopic (exact) mass is 475 g/mol. The standard InChI is InChI=1S/C27H26ClN3O3/c1-30-23-9-8-20(28)15-22(23)25(24(26(30)32)27(33)34)29-21-10-12-31(13-11-21)16-17-6-7-18-4-2-3-5-19(18)14-17/h2-9,14-15,21,29H,10-13,16H2,1H3,(H,33,34). The van der Waals surface area contributed by atoms with Crippen LogP contribution < -0.4 is 10.9 Å². The Balaban J connectivity index is 1.35. The van der Waals surface area contributed by atoms with Crippen LogP contribution in [0.15, 0.2) is 65.5 Å². The predicted molar refractivity (Wildman–Crippen MR) is 137 cm³/mol. The molecule has 1 aliphatic rings. The molecule has 7 heteroatoms. The van der Waals surface area contributed by atoms with Crippen molar-refractivity contribution in [1.29, 1.82) is 0 Å². The van der Waals surface area contributed by atoms with Crippen LogP contribution in [0.3, 0.4) is 0 Å². The van der Waals surface area contributed by atoms with Crippen LogP contribution in [-0.2, 0) is 13.6 Å². The highest BCUT2D eigenvalue weighted by atomic mass is 35.5. The van der Waals surface area contributed by atoms with Crippen molar-refractivity contribution in [3.8, 4) is 0 Å². The molecule has 0 saturated carbocycles. The number of carboxylic acid groups (broad SMARTS) is 1. The molecular formula is C27H26ClN3O3. The van der Waals surface area contributed by atoms with Crippen LogP contribution >= 0.6 is 11.6 Å². The number of aromatic carboxylic acids is 1. The Bertz CT molecular complexity index is 1460. The molecule has 0 aliphatic carbocycles. The molecule has 0 atom stereocenters. The van der Waals surface area contributed by atoms with Crippen LogP contribution in [0.25, 0.3) is 21.7 Å². The third kappa shape index (κ3) is 4.27. The highest BCUT2D eigenvalue weighted by Gasteiger charge is 2.25. The smallest absolute Gasteiger partial charge is 0.343 e. The van der Waals surface area contributed by atoms with Crippen molar-refractivity contribution in [1.82, 2.24) is 9.47 Å². The minimum Gasteiger partial charge on any atom is -0.477 e. The van der Waals surface area contributed by atoms with E-state index < -0.39 is 11.5 Å². The molecule has 1 fully saturated rings. The number of carboxylic acids is 1. The number of likely N-dealkylation sites (tertiary alicyclic amines) is 1. The Morgan fingerprint density at radius 1 is 1.06 bits per heavy atom. The number of aromatic nitrogens is 1. The zero-order valence-corrected chi connectivity index (χ0v) is 19.7. The largest absolute Gasteiger partial charge is 0.477 e. The number of hydrogen-bond acceptors (Lipinski definition) is 4. The Kier molecular flexibility index (Phi) is 6.02. The number of pyridine rings is 1. The van der Waals surface area contributed by atoms with Crippen LogP contribution in [-0.4, -0.2) is 39.7 Å². The molecule has 5 rings (SSSR count). The van der Waals surface area contributed by atoms with E-state index in [4.69, 9.17) is 11.6 Å². The van der Waals surface area contributed by atoms with Crippen LogP contribution in [0, 0.1) is 0 Å². The lowest BCUT2D eigenvalue weighted by atomic mass is 10.0. The van der Waals surface area contributed by atoms with Gasteiger partial charge in [0.15, 0.2) is 0 Å². The van der Waals surface area contributed by atoms with E-state index in [9.17, 15) is 14.7 Å². The fraction of sp³-hybridized carbons (Fsp3) is 0.259. The highest BCUT2D eigenvalue weighted by Crippen LogP contribution is 2.30. The highest BCUT2D eigenvalue weighted by molar-refractivity contribution is 6.31. The average molecular weight is 476 g/mol. The zero-order valence-electron chi connectivity index (χ0n) is 18.9. The summed E-state index contributed by atoms with van der Waals surface area (Å²) >= 11 is 6.22. The molecular weight excluding hydrogens is 450 g/mol. The number of benzene rings is 3. The molecule has 34 heavy (non-hydrogen) atoms. The normalized spacial score (nSPS) is 15.1. The Morgan fingerprint density at radius 2 is 1.79 bits per heavy atom. The van der Waals surface area contributed by atoms with Gasteiger partial charge in [0.05, 0.1) is 11.2 Å². The molecule has 0 radical (unpaired) electrons. The van der Waals surface area contributed by atoms with E-state index in [-0.39, 0.29) is 11.6 Å². The number of aryl methyl sites for hydroxylation is 1. The van der Waals surface area contributed by atoms with E-state index in [1.807, 2.05) is 0 Å². The van der Waals surface area contributed by atoms with E-state index in [2.05, 4.69) is 52.7 Å². The topological polar surface area (TPSA) is 74.6 Å². The number of hydrogen-bond donors (Lipinski definition) is 2. The number of nitrogens with one attached hydrogen (secondary N) is 1. The second-order valence-electron chi connectivity index (χ2n) is 8.96. The SMILES string of the molecule is Cn1c(=O)c(C(=O)O)c(NC2CCN(Cc3ccc4ccccc4c3)CC2)c2cc(Cl)ccc21. The number of piperidine rings is 1. The molecule has 6 nitrogen and oxygen atoms in total. The maximum absolute atomic E-state index is 12.8. The van der Waals surface area contributed by atoms with E-state index in [0.29, 0.717) is 21.6 Å². The van der Waals surface area contributed by atoms with Crippen molar-refractivity contribution in [2.45, 2.75) is 25.4 Å². The summed E-state index contributed by atoms with van der Waals surface area (Å²) in [5, 5.41) is 16.8. The van der Waals surface area contributed by atoms with Crippen molar-refractivity contribution < 1.29 is 9.90 Å². The lowest BCUT2D eigenvalue weighted by molar-refractivity contribution is 0.0695. The first-order valence-electron chi connectivity index (χ1n) is 11.4. The molecule has 1 aliphatic heterocycles. The number of carbonyl (C=O) groups is 1. The van der Waals surface area contributed by atoms with Gasteiger partial charge in [0, 0.05) is 43.1 Å². The summed E-state index contributed by atoms with van der Waals surface area (Å²) in [5.74, 6) is -1.24. The van der Waals surface area contributed by atoms with Gasteiger partial charge >= 0.3 is 5.97 Å². The van der Waals surface area contributed by atoms with Gasteiger partial charge in [0.1, 0.15) is 5.56 Å². The summed E-state index contributed by atoms with van der Waals surface area (Å²) in [5.41, 5.74) is 1.52. The number of nitrogens with zero attached hydrogens (tertiary/aromatic N) is 2. The lowest BCUT2D eigenvalue weighted by Crippen LogP contribution is -2.39. The van der Waals surface area contributed by atoms with Gasteiger partial charge in [-0.05, 0) is 53.4 Å². The lowest BCUT2D eigenvalue weighted by Gasteiger charge is -2.33. The van der Waals surface area contributed by atoms with Crippen LogP contribution in [0.1, 0.15) is 28.8 Å². The number of rotatable bonds is 5. The summed E-state index contributed by atoms with van der Waals surface area (Å²) in [6.45, 7) is 2.65. The minimum atomic E-state index is -1.24. The first-order chi connectivity index (χ1) is 16.4. The van der Waals surface area contributed by atoms with Gasteiger partial charge in [0.2, 0.25) is 0 Å². The molecule has 0 unspecified atom stereocenters. The maximum atomic E-state index is 12.8. The zero-order chi connectivity index (χ0) is 23.8. The second kappa shape index (κ2) is 9.12. The molecule has 1 saturated heterocycles. The average Bonchev–Trinajstić information content (AvgIpc) is 2.83. The maximum Gasteiger partial charge on any atom is 0.343 e. The summed E-state index contributed by atoms with van der Waals surface area (Å²) in [6.07, 6.45) is 1.70. The van der Waals surface area contributed by atoms with Gasteiger partial charge in [-0.2, -0.15) is 0 Å². The van der Waals surface area contributed by atoms with Gasteiger partial charge in [-0.3, -0.25) is 9.69 Å². The molecule has 4 aromatic rings. The van der Waals surface area contributed by atoms with Gasteiger partial charge in [0.25, 0.3) is 5.56 Å². The van der Waals surface area contributed by atoms with Crippen molar-refractivity contribution in [2.24, 2.45) is 7.05 Å². The van der Waals surface area contributed by atoms with Crippen molar-refractivity contribution in [3.63, 3.8) is 0 Å². The molecule has 0 spiro atoms. The first kappa shape index (κ1) is 22.4. The molecule has 174 valence electrons. The van der Waals surface area contributed by atoms with Gasteiger partial charge in [-0.15, -0.1) is 0 Å². The summed E-state index contributed by atoms with van der Waals surface area (Å²) in [4.78, 5) is 27.3. The third-order valence-electron chi connectivity index (χ3n) is 6.73. The second-order valence-corrected chi connectivity index (χ2v) is 9.39. The predicted octanol–water partition coefficient (Wildman–Crippen LogP) is 5.12. The fourth-order valence-electron chi connectivity index (χ4n) is 4.90. The van der Waals surface area contributed by atoms with Crippen LogP contribution in [0.2, 0.25) is 5.02 Å². The molecule has 0 bridgehead atoms. The van der Waals surface area contributed by atoms with Crippen molar-refractivity contribution in [2.75, 3.05) is 18.4 Å². The van der Waals surface area contributed by atoms with Crippen molar-refractivity contribution in [3.05, 3.63) is 87.2 Å². The van der Waals surface area contributed by atoms with Crippen LogP contribution in [0.5, 0.6) is 0 Å². The minimum absolute atomic E-state index is 0.0697. The molecule has 2 heterocycles. The van der Waals surface area contributed by atoms with E-state index in [1.54, 1.807) is 25.2 Å². The summed E-state index contributed by atoms with van der Waals surface area (Å²) in [7, 11) is 1.58. The van der Waals surface area contributed by atoms with E-state index >= 15 is 0 Å². The molecule has 2 N–H and O–H groups in total. The fourth-order valence-corrected chi connectivity index (χ4v) is 5.07. The number of fused-ring (bicyclic) bond motifs is 2. The number of halogens is 1. The van der Waals surface area contributed by atoms with E-state index in [1.165, 1.54) is 20.9 Å². The number of anilines is 1. The van der Waals surface area contributed by atoms with Gasteiger partial charge < -0.3 is 15.0 Å². The Morgan fingerprint density at radius 3 is 2.53 bits per heavy atom. The van der Waals surface area contributed by atoms with Gasteiger partial charge in [-0.25, -0.2) is 4.79 Å². The van der Waals surface area contributed by atoms with Gasteiger partial charge in [-0.1, -0.05) is 48.0 Å². The van der Waals surface area contributed by atoms with Crippen LogP contribution in [0.4, 0.5) is 5.69 Å². The molecule has 0 amide bonds. The molecule has 1 aromatic heterocycles. The summed E-state index contributed by atoms with van der Waals surface area (Å²) in [6, 6.07) is 20.2. The van der Waals surface area contributed by atoms with E-state index in [0.717, 1.165) is 32.5 Å². The third-order valence-corrected chi connectivity index (χ3v) is 6.96. The Hall–Kier alpha value is -3.35. The quantitative estimate of drug-likeness (QED) is 0.419. The Labute approximate surface area is 202 Å². The summed E-state index contributed by atoms with van der Waals surface area (Å²) < 4.78 is 1.37. The first-order valence-corrected chi connectivity index (χ1v) is 11.8. The molecule has 3 aromatic carbocycles. The van der Waals surface area contributed by atoms with Crippen molar-refractivity contribution >= 4 is 44.9 Å².